The maximum atomic E-state index is 12.6. The van der Waals surface area contributed by atoms with Gasteiger partial charge in [-0.1, -0.05) is 11.6 Å². The molecule has 0 fully saturated rings. The molecule has 3 N–H and O–H groups in total. The van der Waals surface area contributed by atoms with Crippen molar-refractivity contribution in [2.45, 2.75) is 32.9 Å². The minimum Gasteiger partial charge on any atom is -0.453 e. The Kier molecular flexibility index (Phi) is 6.99. The number of nitrogens with zero attached hydrogens (tertiary/aromatic N) is 2. The highest BCUT2D eigenvalue weighted by Gasteiger charge is 2.20. The molecule has 1 heterocycles. The Hall–Kier alpha value is -2.91. The van der Waals surface area contributed by atoms with Gasteiger partial charge in [0.1, 0.15) is 12.4 Å². The minimum absolute atomic E-state index is 0.240. The van der Waals surface area contributed by atoms with Gasteiger partial charge in [-0.15, -0.1) is 0 Å². The van der Waals surface area contributed by atoms with E-state index < -0.39 is 23.1 Å². The number of benzene rings is 1. The summed E-state index contributed by atoms with van der Waals surface area (Å²) in [6.07, 6.45) is -0.693. The van der Waals surface area contributed by atoms with E-state index in [0.29, 0.717) is 27.8 Å². The molecule has 2 aromatic rings. The Labute approximate surface area is 172 Å². The van der Waals surface area contributed by atoms with Crippen LogP contribution in [-0.2, 0) is 16.1 Å². The van der Waals surface area contributed by atoms with Crippen molar-refractivity contribution in [2.75, 3.05) is 19.0 Å². The molecule has 29 heavy (non-hydrogen) atoms. The maximum Gasteiger partial charge on any atom is 0.411 e. The summed E-state index contributed by atoms with van der Waals surface area (Å²) in [5.41, 5.74) is -0.139. The number of aromatic nitrogens is 2. The molecule has 0 bridgehead atoms. The van der Waals surface area contributed by atoms with Crippen molar-refractivity contribution >= 4 is 29.3 Å². The topological polar surface area (TPSA) is 123 Å². The largest absolute Gasteiger partial charge is 0.453 e. The molecule has 2 amide bonds. The summed E-state index contributed by atoms with van der Waals surface area (Å²) < 4.78 is 5.82. The third-order valence-electron chi connectivity index (χ3n) is 4.05. The van der Waals surface area contributed by atoms with Crippen LogP contribution in [0.15, 0.2) is 29.1 Å². The van der Waals surface area contributed by atoms with E-state index in [1.54, 1.807) is 32.9 Å². The van der Waals surface area contributed by atoms with Crippen LogP contribution in [0.5, 0.6) is 0 Å². The van der Waals surface area contributed by atoms with Gasteiger partial charge in [-0.3, -0.25) is 19.5 Å². The van der Waals surface area contributed by atoms with Gasteiger partial charge >= 0.3 is 6.09 Å². The molecule has 0 atom stereocenters. The zero-order valence-corrected chi connectivity index (χ0v) is 17.3. The molecule has 1 aromatic carbocycles. The zero-order chi connectivity index (χ0) is 21.8. The lowest BCUT2D eigenvalue weighted by Crippen LogP contribution is -2.48. The Morgan fingerprint density at radius 3 is 2.59 bits per heavy atom. The molecule has 9 nitrogen and oxygen atoms in total. The summed E-state index contributed by atoms with van der Waals surface area (Å²) >= 11 is 6.00. The van der Waals surface area contributed by atoms with E-state index in [0.717, 1.165) is 0 Å². The summed E-state index contributed by atoms with van der Waals surface area (Å²) in [5.74, 6) is -0.119. The molecular weight excluding hydrogens is 400 g/mol. The summed E-state index contributed by atoms with van der Waals surface area (Å²) in [5, 5.41) is 14.8. The summed E-state index contributed by atoms with van der Waals surface area (Å²) in [6.45, 7) is 4.45. The van der Waals surface area contributed by atoms with Crippen LogP contribution in [0.1, 0.15) is 19.7 Å². The quantitative estimate of drug-likeness (QED) is 0.653. The van der Waals surface area contributed by atoms with Crippen molar-refractivity contribution in [3.8, 4) is 11.3 Å². The van der Waals surface area contributed by atoms with Gasteiger partial charge in [-0.25, -0.2) is 9.78 Å². The van der Waals surface area contributed by atoms with Gasteiger partial charge in [0.25, 0.3) is 5.56 Å². The average molecular weight is 423 g/mol. The summed E-state index contributed by atoms with van der Waals surface area (Å²) in [7, 11) is 1.23. The first-order chi connectivity index (χ1) is 13.6. The molecule has 0 saturated heterocycles. The number of hydrogen-bond acceptors (Lipinski definition) is 6. The van der Waals surface area contributed by atoms with E-state index in [-0.39, 0.29) is 13.2 Å². The van der Waals surface area contributed by atoms with E-state index in [1.165, 1.54) is 23.8 Å². The zero-order valence-electron chi connectivity index (χ0n) is 16.6. The predicted octanol–water partition coefficient (Wildman–Crippen LogP) is 1.94. The van der Waals surface area contributed by atoms with E-state index in [9.17, 15) is 19.5 Å². The Balaban J connectivity index is 2.38. The number of nitrogens with one attached hydrogen (secondary N) is 2. The van der Waals surface area contributed by atoms with Crippen LogP contribution in [-0.4, -0.2) is 45.9 Å². The van der Waals surface area contributed by atoms with Gasteiger partial charge in [0.15, 0.2) is 0 Å². The van der Waals surface area contributed by atoms with E-state index in [4.69, 9.17) is 11.6 Å². The van der Waals surface area contributed by atoms with Crippen LogP contribution in [0.2, 0.25) is 5.02 Å². The van der Waals surface area contributed by atoms with Gasteiger partial charge in [-0.05, 0) is 39.0 Å². The summed E-state index contributed by atoms with van der Waals surface area (Å²) in [6, 6.07) is 6.01. The van der Waals surface area contributed by atoms with Crippen LogP contribution in [0.3, 0.4) is 0 Å². The van der Waals surface area contributed by atoms with Gasteiger partial charge in [0, 0.05) is 16.7 Å². The normalized spacial score (nSPS) is 11.1. The first kappa shape index (κ1) is 22.4. The number of rotatable bonds is 6. The first-order valence-electron chi connectivity index (χ1n) is 8.71. The number of carbonyl (C=O) groups excluding carboxylic acids is 2. The van der Waals surface area contributed by atoms with Crippen molar-refractivity contribution in [3.05, 3.63) is 45.5 Å². The molecule has 1 aromatic heterocycles. The number of aliphatic hydroxyl groups is 1. The predicted molar refractivity (Wildman–Crippen MR) is 109 cm³/mol. The lowest BCUT2D eigenvalue weighted by molar-refractivity contribution is -0.123. The number of carbonyl (C=O) groups is 2. The monoisotopic (exact) mass is 422 g/mol. The SMILES string of the molecule is COC(=O)Nc1cc(Cl)ccc1-c1cc(=O)n(CC(=O)NC(C)(C)CO)c(C)n1. The second kappa shape index (κ2) is 9.06. The number of amides is 2. The molecule has 0 aliphatic rings. The fourth-order valence-corrected chi connectivity index (χ4v) is 2.73. The fraction of sp³-hybridized carbons (Fsp3) is 0.368. The second-order valence-electron chi connectivity index (χ2n) is 7.01. The number of methoxy groups -OCH3 is 1. The number of anilines is 1. The molecule has 0 saturated carbocycles. The molecular formula is C19H23ClN4O5. The van der Waals surface area contributed by atoms with Crippen molar-refractivity contribution in [2.24, 2.45) is 0 Å². The molecule has 0 aliphatic heterocycles. The smallest absolute Gasteiger partial charge is 0.411 e. The maximum absolute atomic E-state index is 12.6. The van der Waals surface area contributed by atoms with Crippen molar-refractivity contribution in [3.63, 3.8) is 0 Å². The highest BCUT2D eigenvalue weighted by Crippen LogP contribution is 2.29. The molecule has 0 aliphatic carbocycles. The molecule has 10 heteroatoms. The van der Waals surface area contributed by atoms with Crippen LogP contribution in [0.25, 0.3) is 11.3 Å². The van der Waals surface area contributed by atoms with Crippen LogP contribution in [0.4, 0.5) is 10.5 Å². The number of halogens is 1. The number of aliphatic hydroxyl groups excluding tert-OH is 1. The van der Waals surface area contributed by atoms with Gasteiger partial charge in [0.05, 0.1) is 30.6 Å². The Morgan fingerprint density at radius 2 is 2.00 bits per heavy atom. The minimum atomic E-state index is -0.806. The van der Waals surface area contributed by atoms with Crippen molar-refractivity contribution in [1.29, 1.82) is 0 Å². The highest BCUT2D eigenvalue weighted by atomic mass is 35.5. The van der Waals surface area contributed by atoms with Crippen LogP contribution < -0.4 is 16.2 Å². The van der Waals surface area contributed by atoms with Crippen LogP contribution in [0, 0.1) is 6.92 Å². The first-order valence-corrected chi connectivity index (χ1v) is 9.09. The van der Waals surface area contributed by atoms with E-state index >= 15 is 0 Å². The Morgan fingerprint density at radius 1 is 1.31 bits per heavy atom. The average Bonchev–Trinajstić information content (AvgIpc) is 2.64. The third kappa shape index (κ3) is 5.78. The molecule has 156 valence electrons. The lowest BCUT2D eigenvalue weighted by atomic mass is 10.1. The van der Waals surface area contributed by atoms with Crippen molar-refractivity contribution in [1.82, 2.24) is 14.9 Å². The number of aryl methyl sites for hydroxylation is 1. The fourth-order valence-electron chi connectivity index (χ4n) is 2.56. The highest BCUT2D eigenvalue weighted by molar-refractivity contribution is 6.31. The van der Waals surface area contributed by atoms with E-state index in [2.05, 4.69) is 20.4 Å². The standard InChI is InChI=1S/C19H23ClN4O5/c1-11-21-15(13-6-5-12(20)7-14(13)22-18(28)29-4)8-17(27)24(11)9-16(26)23-19(2,3)10-25/h5-8,25H,9-10H2,1-4H3,(H,22,28)(H,23,26). The van der Waals surface area contributed by atoms with Crippen molar-refractivity contribution < 1.29 is 19.4 Å². The van der Waals surface area contributed by atoms with Crippen LogP contribution >= 0.6 is 11.6 Å². The van der Waals surface area contributed by atoms with E-state index in [1.807, 2.05) is 0 Å². The molecule has 0 unspecified atom stereocenters. The third-order valence-corrected chi connectivity index (χ3v) is 4.29. The van der Waals surface area contributed by atoms with Gasteiger partial charge in [0.2, 0.25) is 5.91 Å². The number of ether oxygens (including phenoxy) is 1. The Bertz CT molecular complexity index is 987. The number of hydrogen-bond donors (Lipinski definition) is 3. The van der Waals surface area contributed by atoms with Gasteiger partial charge in [-0.2, -0.15) is 0 Å². The second-order valence-corrected chi connectivity index (χ2v) is 7.45. The lowest BCUT2D eigenvalue weighted by Gasteiger charge is -2.24. The van der Waals surface area contributed by atoms with Gasteiger partial charge < -0.3 is 15.2 Å². The molecule has 2 rings (SSSR count). The molecule has 0 spiro atoms. The molecule has 0 radical (unpaired) electrons. The summed E-state index contributed by atoms with van der Waals surface area (Å²) in [4.78, 5) is 40.8.